The first-order valence-corrected chi connectivity index (χ1v) is 7.06. The van der Waals surface area contributed by atoms with Crippen LogP contribution in [0.2, 0.25) is 0 Å². The van der Waals surface area contributed by atoms with Gasteiger partial charge in [0.25, 0.3) is 0 Å². The van der Waals surface area contributed by atoms with Crippen LogP contribution in [-0.4, -0.2) is 21.0 Å². The van der Waals surface area contributed by atoms with E-state index in [-0.39, 0.29) is 5.56 Å². The number of aromatic carboxylic acids is 1. The second kappa shape index (κ2) is 6.03. The van der Waals surface area contributed by atoms with Crippen molar-refractivity contribution in [2.75, 3.05) is 5.73 Å². The Morgan fingerprint density at radius 1 is 1.47 bits per heavy atom. The van der Waals surface area contributed by atoms with Crippen molar-refractivity contribution in [1.29, 1.82) is 0 Å². The average molecular weight is 340 g/mol. The van der Waals surface area contributed by atoms with E-state index in [1.165, 1.54) is 24.3 Å². The number of hydrogen-bond donors (Lipinski definition) is 2. The predicted molar refractivity (Wildman–Crippen MR) is 77.1 cm³/mol. The van der Waals surface area contributed by atoms with Crippen LogP contribution in [0.15, 0.2) is 40.1 Å². The lowest BCUT2D eigenvalue weighted by Gasteiger charge is -2.07. The third-order valence-corrected chi connectivity index (χ3v) is 3.94. The molecule has 0 amide bonds. The summed E-state index contributed by atoms with van der Waals surface area (Å²) >= 11 is 4.81. The molecule has 0 radical (unpaired) electrons. The summed E-state index contributed by atoms with van der Waals surface area (Å²) in [7, 11) is 0. The summed E-state index contributed by atoms with van der Waals surface area (Å²) in [5.41, 5.74) is 7.11. The van der Waals surface area contributed by atoms with Gasteiger partial charge >= 0.3 is 5.97 Å². The van der Waals surface area contributed by atoms with Crippen LogP contribution in [-0.2, 0) is 5.75 Å². The van der Waals surface area contributed by atoms with Crippen molar-refractivity contribution in [3.63, 3.8) is 0 Å². The Morgan fingerprint density at radius 2 is 2.26 bits per heavy atom. The SMILES string of the molecule is Nc1ccc(Br)cc1SCc1ncncc1C(=O)O. The molecule has 1 aromatic carbocycles. The Balaban J connectivity index is 2.19. The molecule has 0 unspecified atom stereocenters. The summed E-state index contributed by atoms with van der Waals surface area (Å²) < 4.78 is 0.922. The van der Waals surface area contributed by atoms with Crippen LogP contribution in [0.25, 0.3) is 0 Å². The molecule has 0 aliphatic heterocycles. The van der Waals surface area contributed by atoms with Gasteiger partial charge in [-0.15, -0.1) is 11.8 Å². The fraction of sp³-hybridized carbons (Fsp3) is 0.0833. The molecule has 0 saturated carbocycles. The van der Waals surface area contributed by atoms with Gasteiger partial charge in [0.05, 0.1) is 5.69 Å². The zero-order chi connectivity index (χ0) is 13.8. The number of anilines is 1. The lowest BCUT2D eigenvalue weighted by Crippen LogP contribution is -2.04. The van der Waals surface area contributed by atoms with Crippen LogP contribution in [0.1, 0.15) is 16.1 Å². The molecule has 2 rings (SSSR count). The van der Waals surface area contributed by atoms with Crippen molar-refractivity contribution < 1.29 is 9.90 Å². The standard InChI is InChI=1S/C12H10BrN3O2S/c13-7-1-2-9(14)11(3-7)19-5-10-8(12(17)18)4-15-6-16-10/h1-4,6H,5,14H2,(H,17,18). The number of benzene rings is 1. The summed E-state index contributed by atoms with van der Waals surface area (Å²) in [6.45, 7) is 0. The maximum absolute atomic E-state index is 11.0. The van der Waals surface area contributed by atoms with Crippen molar-refractivity contribution in [3.8, 4) is 0 Å². The van der Waals surface area contributed by atoms with Crippen LogP contribution >= 0.6 is 27.7 Å². The molecule has 0 fully saturated rings. The average Bonchev–Trinajstić information content (AvgIpc) is 2.40. The first-order valence-electron chi connectivity index (χ1n) is 5.28. The van der Waals surface area contributed by atoms with E-state index in [9.17, 15) is 4.79 Å². The van der Waals surface area contributed by atoms with Gasteiger partial charge in [0, 0.05) is 27.0 Å². The number of carbonyl (C=O) groups is 1. The Labute approximate surface area is 122 Å². The Hall–Kier alpha value is -1.60. The highest BCUT2D eigenvalue weighted by molar-refractivity contribution is 9.10. The quantitative estimate of drug-likeness (QED) is 0.657. The minimum absolute atomic E-state index is 0.114. The highest BCUT2D eigenvalue weighted by Crippen LogP contribution is 2.30. The number of hydrogen-bond acceptors (Lipinski definition) is 5. The first kappa shape index (κ1) is 13.8. The van der Waals surface area contributed by atoms with Gasteiger partial charge in [-0.25, -0.2) is 14.8 Å². The monoisotopic (exact) mass is 339 g/mol. The van der Waals surface area contributed by atoms with Crippen molar-refractivity contribution in [3.05, 3.63) is 46.5 Å². The third-order valence-electron chi connectivity index (χ3n) is 2.37. The number of aromatic nitrogens is 2. The van der Waals surface area contributed by atoms with Gasteiger partial charge in [-0.3, -0.25) is 0 Å². The summed E-state index contributed by atoms with van der Waals surface area (Å²) in [5, 5.41) is 9.04. The van der Waals surface area contributed by atoms with Crippen molar-refractivity contribution >= 4 is 39.3 Å². The zero-order valence-electron chi connectivity index (χ0n) is 9.71. The zero-order valence-corrected chi connectivity index (χ0v) is 12.1. The van der Waals surface area contributed by atoms with E-state index in [4.69, 9.17) is 10.8 Å². The lowest BCUT2D eigenvalue weighted by molar-refractivity contribution is 0.0695. The maximum Gasteiger partial charge on any atom is 0.339 e. The molecular formula is C12H10BrN3O2S. The molecule has 0 atom stereocenters. The molecule has 7 heteroatoms. The molecule has 5 nitrogen and oxygen atoms in total. The summed E-state index contributed by atoms with van der Waals surface area (Å²) in [6, 6.07) is 5.54. The van der Waals surface area contributed by atoms with E-state index in [2.05, 4.69) is 25.9 Å². The van der Waals surface area contributed by atoms with Gasteiger partial charge in [0.2, 0.25) is 0 Å². The van der Waals surface area contributed by atoms with E-state index in [0.717, 1.165) is 9.37 Å². The molecule has 0 aliphatic carbocycles. The van der Waals surface area contributed by atoms with E-state index >= 15 is 0 Å². The number of nitrogens with two attached hydrogens (primary N) is 1. The molecule has 1 heterocycles. The summed E-state index contributed by atoms with van der Waals surface area (Å²) in [5.74, 6) is -0.608. The fourth-order valence-corrected chi connectivity index (χ4v) is 2.91. The van der Waals surface area contributed by atoms with E-state index < -0.39 is 5.97 Å². The Kier molecular flexibility index (Phi) is 4.39. The van der Waals surface area contributed by atoms with Crippen LogP contribution in [0, 0.1) is 0 Å². The van der Waals surface area contributed by atoms with Gasteiger partial charge in [-0.2, -0.15) is 0 Å². The topological polar surface area (TPSA) is 89.1 Å². The number of thioether (sulfide) groups is 1. The number of halogens is 1. The molecular weight excluding hydrogens is 330 g/mol. The van der Waals surface area contributed by atoms with E-state index in [0.29, 0.717) is 17.1 Å². The van der Waals surface area contributed by atoms with Gasteiger partial charge in [0.1, 0.15) is 11.9 Å². The third kappa shape index (κ3) is 3.45. The number of rotatable bonds is 4. The molecule has 3 N–H and O–H groups in total. The highest BCUT2D eigenvalue weighted by atomic mass is 79.9. The van der Waals surface area contributed by atoms with Crippen molar-refractivity contribution in [1.82, 2.24) is 9.97 Å². The number of carboxylic acids is 1. The number of nitrogen functional groups attached to an aromatic ring is 1. The van der Waals surface area contributed by atoms with E-state index in [1.807, 2.05) is 12.1 Å². The Bertz CT molecular complexity index is 622. The number of carboxylic acid groups (broad SMARTS) is 1. The highest BCUT2D eigenvalue weighted by Gasteiger charge is 2.12. The van der Waals surface area contributed by atoms with Crippen LogP contribution in [0.5, 0.6) is 0 Å². The van der Waals surface area contributed by atoms with Crippen molar-refractivity contribution in [2.45, 2.75) is 10.6 Å². The second-order valence-electron chi connectivity index (χ2n) is 3.66. The van der Waals surface area contributed by atoms with Crippen LogP contribution in [0.4, 0.5) is 5.69 Å². The smallest absolute Gasteiger partial charge is 0.339 e. The van der Waals surface area contributed by atoms with Crippen LogP contribution in [0.3, 0.4) is 0 Å². The Morgan fingerprint density at radius 3 is 3.00 bits per heavy atom. The van der Waals surface area contributed by atoms with Gasteiger partial charge < -0.3 is 10.8 Å². The number of nitrogens with zero attached hydrogens (tertiary/aromatic N) is 2. The van der Waals surface area contributed by atoms with Crippen molar-refractivity contribution in [2.24, 2.45) is 0 Å². The summed E-state index contributed by atoms with van der Waals surface area (Å²) in [4.78, 5) is 19.6. The maximum atomic E-state index is 11.0. The fourth-order valence-electron chi connectivity index (χ4n) is 1.43. The van der Waals surface area contributed by atoms with Gasteiger partial charge in [-0.1, -0.05) is 15.9 Å². The van der Waals surface area contributed by atoms with Gasteiger partial charge in [-0.05, 0) is 18.2 Å². The molecule has 19 heavy (non-hydrogen) atoms. The first-order chi connectivity index (χ1) is 9.08. The van der Waals surface area contributed by atoms with Crippen LogP contribution < -0.4 is 5.73 Å². The normalized spacial score (nSPS) is 10.4. The molecule has 0 aliphatic rings. The van der Waals surface area contributed by atoms with Gasteiger partial charge in [0.15, 0.2) is 0 Å². The largest absolute Gasteiger partial charge is 0.478 e. The molecule has 0 spiro atoms. The summed E-state index contributed by atoms with van der Waals surface area (Å²) in [6.07, 6.45) is 2.64. The molecule has 2 aromatic rings. The molecule has 98 valence electrons. The minimum atomic E-state index is -1.03. The second-order valence-corrected chi connectivity index (χ2v) is 5.59. The minimum Gasteiger partial charge on any atom is -0.478 e. The lowest BCUT2D eigenvalue weighted by atomic mass is 10.2. The molecule has 0 saturated heterocycles. The predicted octanol–water partition coefficient (Wildman–Crippen LogP) is 2.81. The molecule has 1 aromatic heterocycles. The molecule has 0 bridgehead atoms. The van der Waals surface area contributed by atoms with E-state index in [1.54, 1.807) is 6.07 Å².